The van der Waals surface area contributed by atoms with E-state index in [9.17, 15) is 9.59 Å². The van der Waals surface area contributed by atoms with Gasteiger partial charge in [-0.1, -0.05) is 64.9 Å². The molecular weight excluding hydrogens is 519 g/mol. The van der Waals surface area contributed by atoms with Crippen LogP contribution in [0.4, 0.5) is 0 Å². The minimum absolute atomic E-state index is 0.222. The van der Waals surface area contributed by atoms with Crippen LogP contribution >= 0.6 is 34.5 Å². The number of thiazole rings is 1. The molecule has 36 heavy (non-hydrogen) atoms. The quantitative estimate of drug-likeness (QED) is 0.320. The molecule has 0 radical (unpaired) electrons. The standard InChI is InChI=1S/C27H20Cl2N2O4S/c1-3-34-26(33)23-15(2)30-27-31(24(23)16-7-5-4-6-8-16)25(32)22(36-27)14-18-10-12-21(35-18)19-11-9-17(28)13-20(19)29/h4-14,24H,3H2,1-2H3/b22-14+/t24-/m0/s1. The maximum atomic E-state index is 13.6. The summed E-state index contributed by atoms with van der Waals surface area (Å²) in [6, 6.07) is 17.4. The first-order valence-electron chi connectivity index (χ1n) is 11.2. The van der Waals surface area contributed by atoms with Gasteiger partial charge >= 0.3 is 5.97 Å². The second kappa shape index (κ2) is 9.93. The summed E-state index contributed by atoms with van der Waals surface area (Å²) >= 11 is 13.6. The number of aromatic nitrogens is 1. The Morgan fingerprint density at radius 2 is 1.94 bits per heavy atom. The van der Waals surface area contributed by atoms with E-state index in [2.05, 4.69) is 4.99 Å². The zero-order valence-electron chi connectivity index (χ0n) is 19.3. The van der Waals surface area contributed by atoms with Crippen molar-refractivity contribution in [1.82, 2.24) is 4.57 Å². The van der Waals surface area contributed by atoms with Crippen LogP contribution in [-0.4, -0.2) is 17.1 Å². The first kappa shape index (κ1) is 24.3. The van der Waals surface area contributed by atoms with Crippen molar-refractivity contribution in [3.8, 4) is 11.3 Å². The highest BCUT2D eigenvalue weighted by molar-refractivity contribution is 7.07. The Kier molecular flexibility index (Phi) is 6.71. The molecule has 9 heteroatoms. The molecule has 4 aromatic rings. The number of allylic oxidation sites excluding steroid dienone is 1. The topological polar surface area (TPSA) is 73.8 Å². The van der Waals surface area contributed by atoms with E-state index in [4.69, 9.17) is 32.4 Å². The molecule has 0 fully saturated rings. The zero-order chi connectivity index (χ0) is 25.4. The first-order valence-corrected chi connectivity index (χ1v) is 12.7. The molecule has 0 amide bonds. The summed E-state index contributed by atoms with van der Waals surface area (Å²) < 4.78 is 13.3. The number of furan rings is 1. The second-order valence-electron chi connectivity index (χ2n) is 8.04. The Bertz CT molecular complexity index is 1680. The van der Waals surface area contributed by atoms with Gasteiger partial charge in [-0.3, -0.25) is 9.36 Å². The van der Waals surface area contributed by atoms with E-state index in [1.807, 2.05) is 30.3 Å². The summed E-state index contributed by atoms with van der Waals surface area (Å²) in [6.45, 7) is 3.73. The molecule has 1 atom stereocenters. The maximum absolute atomic E-state index is 13.6. The van der Waals surface area contributed by atoms with Gasteiger partial charge in [0.2, 0.25) is 0 Å². The van der Waals surface area contributed by atoms with Gasteiger partial charge in [0.15, 0.2) is 4.80 Å². The van der Waals surface area contributed by atoms with Crippen LogP contribution in [0.15, 0.2) is 86.1 Å². The van der Waals surface area contributed by atoms with Crippen molar-refractivity contribution in [3.63, 3.8) is 0 Å². The van der Waals surface area contributed by atoms with Crippen molar-refractivity contribution in [1.29, 1.82) is 0 Å². The van der Waals surface area contributed by atoms with Crippen molar-refractivity contribution in [2.24, 2.45) is 4.99 Å². The molecule has 2 aromatic heterocycles. The zero-order valence-corrected chi connectivity index (χ0v) is 21.7. The Hall–Kier alpha value is -3.39. The molecule has 0 aliphatic carbocycles. The van der Waals surface area contributed by atoms with Crippen LogP contribution in [0.3, 0.4) is 0 Å². The molecule has 3 heterocycles. The molecule has 2 aromatic carbocycles. The number of nitrogens with zero attached hydrogens (tertiary/aromatic N) is 2. The predicted molar refractivity (Wildman–Crippen MR) is 141 cm³/mol. The SMILES string of the molecule is CCOC(=O)C1=C(C)N=c2s/c(=C/c3ccc(-c4ccc(Cl)cc4Cl)o3)c(=O)n2[C@H]1c1ccccc1. The van der Waals surface area contributed by atoms with Gasteiger partial charge in [0.05, 0.1) is 33.5 Å². The molecule has 1 aliphatic heterocycles. The van der Waals surface area contributed by atoms with Crippen LogP contribution in [0.25, 0.3) is 17.4 Å². The Balaban J connectivity index is 1.63. The van der Waals surface area contributed by atoms with E-state index in [0.29, 0.717) is 47.7 Å². The normalized spacial score (nSPS) is 15.6. The number of carbonyl (C=O) groups is 1. The summed E-state index contributed by atoms with van der Waals surface area (Å²) in [5, 5.41) is 0.995. The predicted octanol–water partition coefficient (Wildman–Crippen LogP) is 5.37. The molecule has 0 bridgehead atoms. The average molecular weight is 539 g/mol. The summed E-state index contributed by atoms with van der Waals surface area (Å²) in [7, 11) is 0. The molecule has 0 saturated carbocycles. The summed E-state index contributed by atoms with van der Waals surface area (Å²) in [6.07, 6.45) is 1.67. The van der Waals surface area contributed by atoms with E-state index < -0.39 is 12.0 Å². The number of ether oxygens (including phenoxy) is 1. The molecule has 5 rings (SSSR count). The second-order valence-corrected chi connectivity index (χ2v) is 9.89. The highest BCUT2D eigenvalue weighted by atomic mass is 35.5. The Labute approximate surface area is 220 Å². The molecule has 6 nitrogen and oxygen atoms in total. The summed E-state index contributed by atoms with van der Waals surface area (Å²) in [4.78, 5) is 31.6. The van der Waals surface area contributed by atoms with Gasteiger partial charge in [-0.15, -0.1) is 0 Å². The minimum Gasteiger partial charge on any atom is -0.463 e. The monoisotopic (exact) mass is 538 g/mol. The number of carbonyl (C=O) groups excluding carboxylic acids is 1. The van der Waals surface area contributed by atoms with Crippen molar-refractivity contribution in [2.45, 2.75) is 19.9 Å². The first-order chi connectivity index (χ1) is 17.4. The fourth-order valence-corrected chi connectivity index (χ4v) is 5.66. The van der Waals surface area contributed by atoms with Gasteiger partial charge in [0, 0.05) is 16.7 Å². The smallest absolute Gasteiger partial charge is 0.338 e. The lowest BCUT2D eigenvalue weighted by molar-refractivity contribution is -0.139. The number of rotatable bonds is 5. The number of esters is 1. The van der Waals surface area contributed by atoms with Gasteiger partial charge < -0.3 is 9.15 Å². The van der Waals surface area contributed by atoms with Crippen LogP contribution in [0, 0.1) is 0 Å². The third kappa shape index (κ3) is 4.46. The Morgan fingerprint density at radius 1 is 1.17 bits per heavy atom. The van der Waals surface area contributed by atoms with Crippen molar-refractivity contribution >= 4 is 46.6 Å². The summed E-state index contributed by atoms with van der Waals surface area (Å²) in [5.74, 6) is 0.551. The number of fused-ring (bicyclic) bond motifs is 1. The van der Waals surface area contributed by atoms with Crippen LogP contribution in [0.2, 0.25) is 10.0 Å². The largest absolute Gasteiger partial charge is 0.463 e. The lowest BCUT2D eigenvalue weighted by Crippen LogP contribution is -2.39. The number of benzene rings is 2. The summed E-state index contributed by atoms with van der Waals surface area (Å²) in [5.41, 5.74) is 2.08. The highest BCUT2D eigenvalue weighted by Crippen LogP contribution is 2.32. The van der Waals surface area contributed by atoms with E-state index in [0.717, 1.165) is 5.56 Å². The van der Waals surface area contributed by atoms with E-state index in [1.54, 1.807) is 54.8 Å². The molecule has 1 aliphatic rings. The van der Waals surface area contributed by atoms with Gasteiger partial charge in [-0.2, -0.15) is 0 Å². The molecule has 0 unspecified atom stereocenters. The van der Waals surface area contributed by atoms with Crippen LogP contribution < -0.4 is 14.9 Å². The van der Waals surface area contributed by atoms with Crippen molar-refractivity contribution < 1.29 is 13.9 Å². The van der Waals surface area contributed by atoms with Gasteiger partial charge in [-0.05, 0) is 49.7 Å². The van der Waals surface area contributed by atoms with E-state index in [-0.39, 0.29) is 12.2 Å². The molecule has 0 N–H and O–H groups in total. The fraction of sp³-hybridized carbons (Fsp3) is 0.148. The maximum Gasteiger partial charge on any atom is 0.338 e. The van der Waals surface area contributed by atoms with Gasteiger partial charge in [0.25, 0.3) is 5.56 Å². The fourth-order valence-electron chi connectivity index (χ4n) is 4.14. The van der Waals surface area contributed by atoms with E-state index in [1.165, 1.54) is 11.3 Å². The number of hydrogen-bond acceptors (Lipinski definition) is 6. The highest BCUT2D eigenvalue weighted by Gasteiger charge is 2.33. The minimum atomic E-state index is -0.649. The average Bonchev–Trinajstić information content (AvgIpc) is 3.43. The lowest BCUT2D eigenvalue weighted by Gasteiger charge is -2.24. The van der Waals surface area contributed by atoms with E-state index >= 15 is 0 Å². The third-order valence-electron chi connectivity index (χ3n) is 5.73. The number of hydrogen-bond donors (Lipinski definition) is 0. The van der Waals surface area contributed by atoms with Crippen LogP contribution in [0.1, 0.15) is 31.2 Å². The van der Waals surface area contributed by atoms with Crippen molar-refractivity contribution in [2.75, 3.05) is 6.61 Å². The van der Waals surface area contributed by atoms with Crippen LogP contribution in [-0.2, 0) is 9.53 Å². The Morgan fingerprint density at radius 3 is 2.67 bits per heavy atom. The molecular formula is C27H20Cl2N2O4S. The lowest BCUT2D eigenvalue weighted by atomic mass is 9.96. The third-order valence-corrected chi connectivity index (χ3v) is 7.26. The molecule has 0 saturated heterocycles. The van der Waals surface area contributed by atoms with Crippen molar-refractivity contribution in [3.05, 3.63) is 113 Å². The van der Waals surface area contributed by atoms with Gasteiger partial charge in [-0.25, -0.2) is 9.79 Å². The molecule has 182 valence electrons. The number of halogens is 2. The van der Waals surface area contributed by atoms with Crippen LogP contribution in [0.5, 0.6) is 0 Å². The van der Waals surface area contributed by atoms with Gasteiger partial charge in [0.1, 0.15) is 11.5 Å². The molecule has 0 spiro atoms.